The number of nitrogens with two attached hydrogens (primary N) is 1. The number of aliphatic hydroxyl groups excluding tert-OH is 4. The highest BCUT2D eigenvalue weighted by Gasteiger charge is 2.22. The molecule has 20 nitrogen and oxygen atoms in total. The Kier molecular flexibility index (Phi) is 11.6. The molecule has 4 aromatic rings. The molecular formula is C15H22N9O11P. The van der Waals surface area contributed by atoms with Crippen LogP contribution < -0.4 is 16.9 Å². The van der Waals surface area contributed by atoms with Crippen LogP contribution in [0.4, 0.5) is 5.95 Å². The monoisotopic (exact) mass is 535 g/mol. The van der Waals surface area contributed by atoms with Crippen LogP contribution >= 0.6 is 7.82 Å². The number of aromatic amines is 4. The van der Waals surface area contributed by atoms with Crippen molar-refractivity contribution in [1.29, 1.82) is 0 Å². The molecule has 198 valence electrons. The summed E-state index contributed by atoms with van der Waals surface area (Å²) in [6.45, 7) is -0.688. The molecular weight excluding hydrogens is 513 g/mol. The molecule has 0 saturated heterocycles. The maximum Gasteiger partial charge on any atom is 0.466 e. The quantitative estimate of drug-likeness (QED) is 0.0861. The summed E-state index contributed by atoms with van der Waals surface area (Å²) < 4.78 is 8.88. The van der Waals surface area contributed by atoms with Gasteiger partial charge in [-0.25, -0.2) is 19.5 Å². The minimum absolute atomic E-state index is 0.0783. The standard InChI is InChI=1S/C5H5N5O.C5H4N4O.C5H10O5.H3O4P/c6-5-9-3-2(4(11)10-5)7-1-8-3;10-5-3-4(7-1-6-3)8-2-9-5;6-1-3(8)5(10)4(9)2-7;1-5(2,3)4/h1H,(H4,6,7,8,9,10,11);1-2H,(H2,6,7,8,9,10);1,3-5,7-10H,2H2;(H3,1,2,3,4)/t;;3-,4+,5-;/m..0./s1. The number of phosphoric acid groups is 1. The molecule has 0 bridgehead atoms. The highest BCUT2D eigenvalue weighted by atomic mass is 31.2. The van der Waals surface area contributed by atoms with Gasteiger partial charge in [-0.3, -0.25) is 14.6 Å². The molecule has 21 heteroatoms. The van der Waals surface area contributed by atoms with Crippen LogP contribution in [0.3, 0.4) is 0 Å². The van der Waals surface area contributed by atoms with Gasteiger partial charge in [0.05, 0.1) is 25.6 Å². The van der Waals surface area contributed by atoms with Gasteiger partial charge in [-0.05, 0) is 0 Å². The van der Waals surface area contributed by atoms with Gasteiger partial charge in [0.2, 0.25) is 5.95 Å². The minimum Gasteiger partial charge on any atom is -0.394 e. The van der Waals surface area contributed by atoms with Gasteiger partial charge in [0.25, 0.3) is 11.1 Å². The summed E-state index contributed by atoms with van der Waals surface area (Å²) in [4.78, 5) is 78.4. The van der Waals surface area contributed by atoms with E-state index in [-0.39, 0.29) is 23.4 Å². The second kappa shape index (κ2) is 13.9. The van der Waals surface area contributed by atoms with Crippen LogP contribution in [-0.4, -0.2) is 106 Å². The first kappa shape index (κ1) is 30.2. The maximum absolute atomic E-state index is 11.0. The lowest BCUT2D eigenvalue weighted by molar-refractivity contribution is -0.127. The molecule has 3 atom stereocenters. The molecule has 0 fully saturated rings. The number of aliphatic hydroxyl groups is 4. The number of fused-ring (bicyclic) bond motifs is 2. The van der Waals surface area contributed by atoms with Crippen molar-refractivity contribution < 1.29 is 44.5 Å². The first-order valence-electron chi connectivity index (χ1n) is 9.22. The van der Waals surface area contributed by atoms with Crippen LogP contribution in [-0.2, 0) is 9.36 Å². The number of anilines is 1. The molecule has 0 aromatic carbocycles. The first-order chi connectivity index (χ1) is 16.8. The molecule has 4 heterocycles. The largest absolute Gasteiger partial charge is 0.466 e. The van der Waals surface area contributed by atoms with E-state index >= 15 is 0 Å². The van der Waals surface area contributed by atoms with E-state index in [4.69, 9.17) is 45.4 Å². The fourth-order valence-corrected chi connectivity index (χ4v) is 2.05. The predicted octanol–water partition coefficient (Wildman–Crippen LogP) is -4.79. The average molecular weight is 535 g/mol. The second-order valence-electron chi connectivity index (χ2n) is 6.27. The van der Waals surface area contributed by atoms with Gasteiger partial charge in [-0.15, -0.1) is 0 Å². The number of hydrogen-bond acceptors (Lipinski definition) is 13. The summed E-state index contributed by atoms with van der Waals surface area (Å²) in [6.07, 6.45) is -0.473. The number of nitrogens with zero attached hydrogens (tertiary/aromatic N) is 4. The Morgan fingerprint density at radius 3 is 1.86 bits per heavy atom. The highest BCUT2D eigenvalue weighted by Crippen LogP contribution is 2.25. The molecule has 0 amide bonds. The molecule has 36 heavy (non-hydrogen) atoms. The van der Waals surface area contributed by atoms with E-state index in [1.807, 2.05) is 0 Å². The normalized spacial score (nSPS) is 13.2. The van der Waals surface area contributed by atoms with Gasteiger partial charge in [0, 0.05) is 0 Å². The molecule has 0 aliphatic carbocycles. The Labute approximate surface area is 197 Å². The van der Waals surface area contributed by atoms with E-state index in [2.05, 4.69) is 39.9 Å². The van der Waals surface area contributed by atoms with Gasteiger partial charge >= 0.3 is 7.82 Å². The maximum atomic E-state index is 11.0. The van der Waals surface area contributed by atoms with E-state index in [0.29, 0.717) is 22.3 Å². The molecule has 13 N–H and O–H groups in total. The zero-order chi connectivity index (χ0) is 27.5. The van der Waals surface area contributed by atoms with Crippen molar-refractivity contribution in [2.45, 2.75) is 18.3 Å². The van der Waals surface area contributed by atoms with Crippen molar-refractivity contribution in [3.63, 3.8) is 0 Å². The lowest BCUT2D eigenvalue weighted by Gasteiger charge is -2.16. The van der Waals surface area contributed by atoms with Crippen molar-refractivity contribution in [3.8, 4) is 0 Å². The number of rotatable bonds is 4. The summed E-state index contributed by atoms with van der Waals surface area (Å²) in [5, 5.41) is 34.1. The van der Waals surface area contributed by atoms with Crippen molar-refractivity contribution in [2.75, 3.05) is 12.3 Å². The van der Waals surface area contributed by atoms with Crippen LogP contribution in [0.5, 0.6) is 0 Å². The van der Waals surface area contributed by atoms with Gasteiger partial charge < -0.3 is 60.6 Å². The number of hydrogen-bond donors (Lipinski definition) is 12. The molecule has 0 spiro atoms. The van der Waals surface area contributed by atoms with Crippen molar-refractivity contribution in [1.82, 2.24) is 39.9 Å². The lowest BCUT2D eigenvalue weighted by Crippen LogP contribution is -2.40. The summed E-state index contributed by atoms with van der Waals surface area (Å²) >= 11 is 0. The van der Waals surface area contributed by atoms with Gasteiger partial charge in [-0.1, -0.05) is 0 Å². The van der Waals surface area contributed by atoms with E-state index in [0.717, 1.165) is 0 Å². The number of carbonyl (C=O) groups is 1. The average Bonchev–Trinajstić information content (AvgIpc) is 3.47. The fraction of sp³-hybridized carbons (Fsp3) is 0.267. The lowest BCUT2D eigenvalue weighted by atomic mass is 10.1. The van der Waals surface area contributed by atoms with Gasteiger partial charge in [-0.2, -0.15) is 4.98 Å². The SMILES string of the molecule is Nc1nc2nc[nH]c2c(=O)[nH]1.O=C[C@H](O)[C@H](O)[C@H](O)CO.O=P(O)(O)O.O=c1[nH]cnc2nc[nH]c12. The molecule has 4 aromatic heterocycles. The molecule has 0 radical (unpaired) electrons. The fourth-order valence-electron chi connectivity index (χ4n) is 2.05. The number of H-pyrrole nitrogens is 4. The summed E-state index contributed by atoms with van der Waals surface area (Å²) in [5.74, 6) is 0.0783. The Bertz CT molecular complexity index is 1390. The second-order valence-corrected chi connectivity index (χ2v) is 7.29. The minimum atomic E-state index is -4.64. The zero-order valence-corrected chi connectivity index (χ0v) is 18.7. The first-order valence-corrected chi connectivity index (χ1v) is 10.8. The number of nitrogen functional groups attached to an aromatic ring is 1. The van der Waals surface area contributed by atoms with Crippen LogP contribution in [0.2, 0.25) is 0 Å². The van der Waals surface area contributed by atoms with E-state index in [1.54, 1.807) is 0 Å². The van der Waals surface area contributed by atoms with Gasteiger partial charge in [0.15, 0.2) is 28.6 Å². The number of carbonyl (C=O) groups excluding carboxylic acids is 1. The van der Waals surface area contributed by atoms with E-state index < -0.39 is 32.7 Å². The molecule has 0 aliphatic rings. The Morgan fingerprint density at radius 1 is 0.917 bits per heavy atom. The number of nitrogens with one attached hydrogen (secondary N) is 4. The molecule has 0 saturated carbocycles. The predicted molar refractivity (Wildman–Crippen MR) is 119 cm³/mol. The van der Waals surface area contributed by atoms with E-state index in [9.17, 15) is 14.4 Å². The third-order valence-corrected chi connectivity index (χ3v) is 3.61. The van der Waals surface area contributed by atoms with Crippen molar-refractivity contribution >= 4 is 42.4 Å². The Morgan fingerprint density at radius 2 is 1.39 bits per heavy atom. The van der Waals surface area contributed by atoms with Crippen LogP contribution in [0.15, 0.2) is 28.6 Å². The molecule has 0 unspecified atom stereocenters. The number of imidazole rings is 2. The molecule has 0 aliphatic heterocycles. The number of aromatic nitrogens is 8. The van der Waals surface area contributed by atoms with Crippen molar-refractivity contribution in [3.05, 3.63) is 39.7 Å². The van der Waals surface area contributed by atoms with Crippen molar-refractivity contribution in [2.24, 2.45) is 0 Å². The molecule has 4 rings (SSSR count). The Hall–Kier alpha value is -3.88. The van der Waals surface area contributed by atoms with Crippen LogP contribution in [0.25, 0.3) is 22.3 Å². The third kappa shape index (κ3) is 10.2. The number of aldehydes is 1. The van der Waals surface area contributed by atoms with Crippen LogP contribution in [0, 0.1) is 0 Å². The summed E-state index contributed by atoms with van der Waals surface area (Å²) in [7, 11) is -4.64. The highest BCUT2D eigenvalue weighted by molar-refractivity contribution is 7.45. The van der Waals surface area contributed by atoms with E-state index in [1.165, 1.54) is 19.0 Å². The topological polar surface area (TPSA) is 351 Å². The Balaban J connectivity index is 0.000000248. The van der Waals surface area contributed by atoms with Crippen LogP contribution in [0.1, 0.15) is 0 Å². The van der Waals surface area contributed by atoms with Gasteiger partial charge in [0.1, 0.15) is 18.3 Å². The zero-order valence-electron chi connectivity index (χ0n) is 17.8. The smallest absolute Gasteiger partial charge is 0.394 e. The third-order valence-electron chi connectivity index (χ3n) is 3.61. The summed E-state index contributed by atoms with van der Waals surface area (Å²) in [5.41, 5.74) is 6.32. The summed E-state index contributed by atoms with van der Waals surface area (Å²) in [6, 6.07) is 0.